The fraction of sp³-hybridized carbons (Fsp3) is 0.111. The Bertz CT molecular complexity index is 1810. The van der Waals surface area contributed by atoms with Crippen LogP contribution in [0.1, 0.15) is 21.5 Å². The fourth-order valence-corrected chi connectivity index (χ4v) is 5.40. The van der Waals surface area contributed by atoms with Crippen molar-refractivity contribution in [3.63, 3.8) is 0 Å². The number of hydrogen-bond donors (Lipinski definition) is 2. The van der Waals surface area contributed by atoms with Gasteiger partial charge < -0.3 is 19.7 Å². The molecule has 1 aromatic heterocycles. The van der Waals surface area contributed by atoms with Crippen molar-refractivity contribution in [1.82, 2.24) is 4.57 Å². The molecule has 42 heavy (non-hydrogen) atoms. The van der Waals surface area contributed by atoms with Crippen LogP contribution in [-0.4, -0.2) is 34.1 Å². The van der Waals surface area contributed by atoms with E-state index in [2.05, 4.69) is 58.4 Å². The minimum Gasteiger partial charge on any atom is -0.492 e. The van der Waals surface area contributed by atoms with Crippen LogP contribution in [-0.2, 0) is 17.8 Å². The van der Waals surface area contributed by atoms with Gasteiger partial charge in [-0.05, 0) is 42.0 Å². The summed E-state index contributed by atoms with van der Waals surface area (Å²) in [6, 6.07) is 39.3. The molecule has 208 valence electrons. The number of rotatable bonds is 11. The van der Waals surface area contributed by atoms with Crippen LogP contribution in [0.15, 0.2) is 127 Å². The van der Waals surface area contributed by atoms with E-state index >= 15 is 0 Å². The van der Waals surface area contributed by atoms with Gasteiger partial charge in [0.15, 0.2) is 5.78 Å². The smallest absolute Gasteiger partial charge is 0.326 e. The normalized spacial score (nSPS) is 11.8. The van der Waals surface area contributed by atoms with Crippen LogP contribution in [0.2, 0.25) is 0 Å². The summed E-state index contributed by atoms with van der Waals surface area (Å²) in [5, 5.41) is 15.5. The third-order valence-corrected chi connectivity index (χ3v) is 7.46. The van der Waals surface area contributed by atoms with Crippen molar-refractivity contribution in [3.8, 4) is 5.75 Å². The van der Waals surface area contributed by atoms with Crippen molar-refractivity contribution in [1.29, 1.82) is 0 Å². The number of carbonyl (C=O) groups is 2. The van der Waals surface area contributed by atoms with E-state index in [9.17, 15) is 14.7 Å². The zero-order valence-corrected chi connectivity index (χ0v) is 22.9. The zero-order valence-electron chi connectivity index (χ0n) is 22.9. The van der Waals surface area contributed by atoms with Crippen molar-refractivity contribution >= 4 is 39.2 Å². The first-order valence-corrected chi connectivity index (χ1v) is 13.9. The number of carboxylic acid groups (broad SMARTS) is 1. The van der Waals surface area contributed by atoms with Crippen LogP contribution in [0.25, 0.3) is 21.8 Å². The van der Waals surface area contributed by atoms with E-state index in [1.807, 2.05) is 30.3 Å². The Balaban J connectivity index is 1.12. The number of hydrogen-bond acceptors (Lipinski definition) is 4. The summed E-state index contributed by atoms with van der Waals surface area (Å²) in [6.45, 7) is 1.19. The van der Waals surface area contributed by atoms with Gasteiger partial charge in [-0.25, -0.2) is 4.79 Å². The van der Waals surface area contributed by atoms with Gasteiger partial charge >= 0.3 is 5.97 Å². The molecule has 1 unspecified atom stereocenters. The van der Waals surface area contributed by atoms with Gasteiger partial charge in [-0.2, -0.15) is 0 Å². The summed E-state index contributed by atoms with van der Waals surface area (Å²) in [4.78, 5) is 25.3. The maximum absolute atomic E-state index is 13.1. The Morgan fingerprint density at radius 3 is 1.98 bits per heavy atom. The molecule has 0 fully saturated rings. The van der Waals surface area contributed by atoms with E-state index in [4.69, 9.17) is 4.74 Å². The number of ether oxygens (including phenoxy) is 1. The minimum absolute atomic E-state index is 0.162. The Labute approximate surface area is 243 Å². The molecule has 0 saturated heterocycles. The third-order valence-electron chi connectivity index (χ3n) is 7.46. The van der Waals surface area contributed by atoms with Gasteiger partial charge in [-0.15, -0.1) is 0 Å². The molecule has 0 amide bonds. The lowest BCUT2D eigenvalue weighted by Gasteiger charge is -2.18. The predicted molar refractivity (Wildman–Crippen MR) is 166 cm³/mol. The number of para-hydroxylation sites is 3. The van der Waals surface area contributed by atoms with Crippen LogP contribution >= 0.6 is 0 Å². The van der Waals surface area contributed by atoms with Crippen LogP contribution in [0.3, 0.4) is 0 Å². The molecule has 0 saturated carbocycles. The van der Waals surface area contributed by atoms with E-state index in [0.29, 0.717) is 30.0 Å². The first-order valence-electron chi connectivity index (χ1n) is 13.9. The highest BCUT2D eigenvalue weighted by molar-refractivity contribution is 6.12. The Morgan fingerprint density at radius 1 is 0.714 bits per heavy atom. The van der Waals surface area contributed by atoms with Crippen molar-refractivity contribution in [2.24, 2.45) is 0 Å². The van der Waals surface area contributed by atoms with Gasteiger partial charge in [0.1, 0.15) is 18.4 Å². The van der Waals surface area contributed by atoms with E-state index in [1.165, 1.54) is 21.8 Å². The number of aromatic nitrogens is 1. The maximum atomic E-state index is 13.1. The number of carbonyl (C=O) groups excluding carboxylic acids is 1. The van der Waals surface area contributed by atoms with E-state index in [1.54, 1.807) is 48.5 Å². The second-order valence-electron chi connectivity index (χ2n) is 10.2. The number of fused-ring (bicyclic) bond motifs is 3. The van der Waals surface area contributed by atoms with Crippen LogP contribution in [0.4, 0.5) is 5.69 Å². The summed E-state index contributed by atoms with van der Waals surface area (Å²) >= 11 is 0. The van der Waals surface area contributed by atoms with Crippen LogP contribution in [0, 0.1) is 0 Å². The maximum Gasteiger partial charge on any atom is 0.326 e. The Hall–Kier alpha value is -5.36. The Morgan fingerprint density at radius 2 is 1.31 bits per heavy atom. The van der Waals surface area contributed by atoms with Gasteiger partial charge in [-0.1, -0.05) is 91.0 Å². The van der Waals surface area contributed by atoms with E-state index in [-0.39, 0.29) is 12.2 Å². The molecule has 6 rings (SSSR count). The van der Waals surface area contributed by atoms with Gasteiger partial charge in [0.2, 0.25) is 0 Å². The summed E-state index contributed by atoms with van der Waals surface area (Å²) in [6.07, 6.45) is 0.241. The fourth-order valence-electron chi connectivity index (χ4n) is 5.40. The highest BCUT2D eigenvalue weighted by Gasteiger charge is 2.21. The lowest BCUT2D eigenvalue weighted by molar-refractivity contribution is -0.137. The molecule has 5 aromatic carbocycles. The molecule has 0 aliphatic rings. The van der Waals surface area contributed by atoms with Crippen LogP contribution < -0.4 is 10.1 Å². The predicted octanol–water partition coefficient (Wildman–Crippen LogP) is 7.21. The molecular weight excluding hydrogens is 524 g/mol. The molecule has 6 aromatic rings. The molecule has 1 heterocycles. The molecule has 6 nitrogen and oxygen atoms in total. The van der Waals surface area contributed by atoms with E-state index in [0.717, 1.165) is 11.3 Å². The number of nitrogens with zero attached hydrogens (tertiary/aromatic N) is 1. The highest BCUT2D eigenvalue weighted by atomic mass is 16.5. The number of carboxylic acids is 1. The third kappa shape index (κ3) is 5.60. The van der Waals surface area contributed by atoms with Crippen molar-refractivity contribution in [2.45, 2.75) is 19.0 Å². The molecule has 0 aliphatic carbocycles. The summed E-state index contributed by atoms with van der Waals surface area (Å²) < 4.78 is 8.35. The second-order valence-corrected chi connectivity index (χ2v) is 10.2. The van der Waals surface area contributed by atoms with Gasteiger partial charge in [0, 0.05) is 45.0 Å². The summed E-state index contributed by atoms with van der Waals surface area (Å²) in [5.74, 6) is -0.438. The monoisotopic (exact) mass is 554 g/mol. The zero-order chi connectivity index (χ0) is 28.9. The van der Waals surface area contributed by atoms with Gasteiger partial charge in [0.25, 0.3) is 0 Å². The molecule has 1 atom stereocenters. The lowest BCUT2D eigenvalue weighted by Crippen LogP contribution is -2.32. The Kier molecular flexibility index (Phi) is 7.68. The number of anilines is 1. The first-order chi connectivity index (χ1) is 20.6. The molecular formula is C36H30N2O4. The molecule has 0 spiro atoms. The SMILES string of the molecule is O=C(c1ccccc1)c1ccccc1NC(Cc1ccc(OCCn2c3ccccc3c3ccccc32)cc1)C(=O)O. The first kappa shape index (κ1) is 26.8. The standard InChI is InChI=1S/C36H30N2O4/c39-35(26-10-2-1-3-11-26)30-14-4-7-15-31(30)37-32(36(40)41)24-25-18-20-27(21-19-25)42-23-22-38-33-16-8-5-12-28(33)29-13-6-9-17-34(29)38/h1-21,32,37H,22-24H2,(H,40,41). The number of ketones is 1. The minimum atomic E-state index is -0.997. The average molecular weight is 555 g/mol. The molecule has 2 N–H and O–H groups in total. The number of benzene rings is 5. The topological polar surface area (TPSA) is 80.6 Å². The number of aliphatic carboxylic acids is 1. The lowest BCUT2D eigenvalue weighted by atomic mass is 10.00. The molecule has 0 radical (unpaired) electrons. The van der Waals surface area contributed by atoms with Gasteiger partial charge in [0.05, 0.1) is 6.54 Å². The number of nitrogens with one attached hydrogen (secondary N) is 1. The van der Waals surface area contributed by atoms with Crippen LogP contribution in [0.5, 0.6) is 5.75 Å². The molecule has 0 aliphatic heterocycles. The van der Waals surface area contributed by atoms with Crippen molar-refractivity contribution in [3.05, 3.63) is 144 Å². The van der Waals surface area contributed by atoms with E-state index < -0.39 is 12.0 Å². The van der Waals surface area contributed by atoms with Crippen molar-refractivity contribution in [2.75, 3.05) is 11.9 Å². The van der Waals surface area contributed by atoms with Crippen molar-refractivity contribution < 1.29 is 19.4 Å². The quantitative estimate of drug-likeness (QED) is 0.165. The highest BCUT2D eigenvalue weighted by Crippen LogP contribution is 2.29. The average Bonchev–Trinajstić information content (AvgIpc) is 3.35. The summed E-state index contributed by atoms with van der Waals surface area (Å²) in [5.41, 5.74) is 4.67. The molecule has 6 heteroatoms. The van der Waals surface area contributed by atoms with Gasteiger partial charge in [-0.3, -0.25) is 4.79 Å². The largest absolute Gasteiger partial charge is 0.492 e. The molecule has 0 bridgehead atoms. The second kappa shape index (κ2) is 12.0. The summed E-state index contributed by atoms with van der Waals surface area (Å²) in [7, 11) is 0.